The van der Waals surface area contributed by atoms with Crippen molar-refractivity contribution >= 4 is 0 Å². The van der Waals surface area contributed by atoms with Gasteiger partial charge >= 0.3 is 0 Å². The molecular weight excluding hydrogens is 100 g/mol. The smallest absolute Gasteiger partial charge is 0.272 e. The highest BCUT2D eigenvalue weighted by atomic mass is 19.3. The Morgan fingerprint density at radius 3 is 2.00 bits per heavy atom. The van der Waals surface area contributed by atoms with Crippen LogP contribution in [0.3, 0.4) is 0 Å². The molecule has 0 radical (unpaired) electrons. The molecule has 0 aliphatic carbocycles. The molecule has 0 amide bonds. The summed E-state index contributed by atoms with van der Waals surface area (Å²) in [5.41, 5.74) is 0.250. The quantitative estimate of drug-likeness (QED) is 0.479. The fraction of sp³-hybridized carbons (Fsp3) is 0.500. The van der Waals surface area contributed by atoms with E-state index in [-0.39, 0.29) is 5.57 Å². The van der Waals surface area contributed by atoms with E-state index in [2.05, 4.69) is 5.32 Å². The van der Waals surface area contributed by atoms with Gasteiger partial charge in [0.1, 0.15) is 0 Å². The summed E-state index contributed by atoms with van der Waals surface area (Å²) in [6.07, 6.45) is -1.52. The summed E-state index contributed by atoms with van der Waals surface area (Å²) in [6.45, 7) is 0.755. The number of rotatable bonds is 0. The average molecular weight is 105 g/mol. The lowest BCUT2D eigenvalue weighted by Crippen LogP contribution is -2.34. The minimum atomic E-state index is -1.52. The number of nitrogens with one attached hydrogen (secondary N) is 1. The average Bonchev–Trinajstić information content (AvgIpc) is 1.23. The van der Waals surface area contributed by atoms with Crippen LogP contribution in [-0.2, 0) is 0 Å². The molecule has 1 aliphatic heterocycles. The molecule has 1 nitrogen and oxygen atoms in total. The van der Waals surface area contributed by atoms with Gasteiger partial charge in [0.15, 0.2) is 0 Å². The van der Waals surface area contributed by atoms with Gasteiger partial charge in [0.2, 0.25) is 0 Å². The fourth-order valence-corrected chi connectivity index (χ4v) is 0.384. The zero-order valence-electron chi connectivity index (χ0n) is 3.67. The number of hydrogen-bond donors (Lipinski definition) is 1. The summed E-state index contributed by atoms with van der Waals surface area (Å²) >= 11 is 0. The van der Waals surface area contributed by atoms with Gasteiger partial charge in [-0.1, -0.05) is 0 Å². The number of hydrogen-bond acceptors (Lipinski definition) is 1. The van der Waals surface area contributed by atoms with Crippen LogP contribution < -0.4 is 5.32 Å². The minimum Gasteiger partial charge on any atom is -0.309 e. The first-order valence-electron chi connectivity index (χ1n) is 2.04. The summed E-state index contributed by atoms with van der Waals surface area (Å²) in [7, 11) is 0. The highest BCUT2D eigenvalue weighted by molar-refractivity contribution is 5.13. The first kappa shape index (κ1) is 4.71. The van der Waals surface area contributed by atoms with E-state index >= 15 is 0 Å². The van der Waals surface area contributed by atoms with Crippen molar-refractivity contribution in [2.75, 3.05) is 13.1 Å². The topological polar surface area (TPSA) is 12.0 Å². The van der Waals surface area contributed by atoms with Gasteiger partial charge in [-0.15, -0.1) is 0 Å². The second-order valence-corrected chi connectivity index (χ2v) is 1.47. The normalized spacial score (nSPS) is 18.9. The molecule has 1 rings (SSSR count). The lowest BCUT2D eigenvalue weighted by molar-refractivity contribution is 0.392. The molecule has 0 saturated carbocycles. The van der Waals surface area contributed by atoms with Gasteiger partial charge in [0.05, 0.1) is 0 Å². The molecule has 1 heterocycles. The maximum Gasteiger partial charge on any atom is 0.272 e. The van der Waals surface area contributed by atoms with Gasteiger partial charge in [-0.25, -0.2) is 0 Å². The van der Waals surface area contributed by atoms with Gasteiger partial charge in [-0.2, -0.15) is 8.78 Å². The second-order valence-electron chi connectivity index (χ2n) is 1.47. The molecule has 1 aliphatic rings. The van der Waals surface area contributed by atoms with Gasteiger partial charge in [-0.05, 0) is 0 Å². The Morgan fingerprint density at radius 2 is 2.00 bits per heavy atom. The summed E-state index contributed by atoms with van der Waals surface area (Å²) < 4.78 is 22.6. The molecule has 0 aromatic rings. The van der Waals surface area contributed by atoms with Gasteiger partial charge in [0, 0.05) is 18.7 Å². The molecular formula is C4H5F2N. The molecule has 1 N–H and O–H groups in total. The van der Waals surface area contributed by atoms with E-state index in [0.717, 1.165) is 0 Å². The lowest BCUT2D eigenvalue weighted by Gasteiger charge is -2.15. The van der Waals surface area contributed by atoms with Crippen molar-refractivity contribution < 1.29 is 8.78 Å². The van der Waals surface area contributed by atoms with Crippen LogP contribution in [0, 0.1) is 0 Å². The minimum absolute atomic E-state index is 0.250. The van der Waals surface area contributed by atoms with Crippen molar-refractivity contribution in [2.24, 2.45) is 0 Å². The third kappa shape index (κ3) is 0.771. The van der Waals surface area contributed by atoms with Crippen LogP contribution in [0.2, 0.25) is 0 Å². The molecule has 7 heavy (non-hydrogen) atoms. The van der Waals surface area contributed by atoms with Crippen LogP contribution >= 0.6 is 0 Å². The molecule has 0 unspecified atom stereocenters. The Kier molecular flexibility index (Phi) is 1.06. The van der Waals surface area contributed by atoms with E-state index in [4.69, 9.17) is 0 Å². The van der Waals surface area contributed by atoms with E-state index in [1.807, 2.05) is 0 Å². The largest absolute Gasteiger partial charge is 0.309 e. The summed E-state index contributed by atoms with van der Waals surface area (Å²) in [4.78, 5) is 0. The van der Waals surface area contributed by atoms with Crippen molar-refractivity contribution in [3.63, 3.8) is 0 Å². The van der Waals surface area contributed by atoms with Crippen LogP contribution in [0.1, 0.15) is 0 Å². The van der Waals surface area contributed by atoms with Crippen LogP contribution in [0.4, 0.5) is 8.78 Å². The summed E-state index contributed by atoms with van der Waals surface area (Å²) in [5, 5.41) is 2.70. The first-order chi connectivity index (χ1) is 3.30. The van der Waals surface area contributed by atoms with E-state index in [1.54, 1.807) is 0 Å². The highest BCUT2D eigenvalue weighted by Crippen LogP contribution is 2.10. The predicted molar refractivity (Wildman–Crippen MR) is 22.1 cm³/mol. The Labute approximate surface area is 40.0 Å². The zero-order chi connectivity index (χ0) is 5.28. The van der Waals surface area contributed by atoms with Gasteiger partial charge in [0.25, 0.3) is 6.08 Å². The van der Waals surface area contributed by atoms with E-state index in [9.17, 15) is 8.78 Å². The van der Waals surface area contributed by atoms with Crippen LogP contribution in [0.15, 0.2) is 11.7 Å². The molecule has 0 aromatic heterocycles. The zero-order valence-corrected chi connectivity index (χ0v) is 3.67. The van der Waals surface area contributed by atoms with Crippen LogP contribution in [-0.4, -0.2) is 13.1 Å². The first-order valence-corrected chi connectivity index (χ1v) is 2.04. The lowest BCUT2D eigenvalue weighted by atomic mass is 10.2. The number of halogens is 2. The van der Waals surface area contributed by atoms with Crippen molar-refractivity contribution in [1.82, 2.24) is 5.32 Å². The molecule has 40 valence electrons. The molecule has 1 fully saturated rings. The molecule has 0 atom stereocenters. The van der Waals surface area contributed by atoms with Gasteiger partial charge in [-0.3, -0.25) is 0 Å². The van der Waals surface area contributed by atoms with Crippen molar-refractivity contribution in [2.45, 2.75) is 0 Å². The van der Waals surface area contributed by atoms with E-state index in [1.165, 1.54) is 0 Å². The molecule has 0 aromatic carbocycles. The molecule has 1 saturated heterocycles. The fourth-order valence-electron chi connectivity index (χ4n) is 0.384. The maximum absolute atomic E-state index is 11.3. The van der Waals surface area contributed by atoms with Crippen molar-refractivity contribution in [3.05, 3.63) is 11.7 Å². The summed E-state index contributed by atoms with van der Waals surface area (Å²) in [6, 6.07) is 0. The second kappa shape index (κ2) is 1.58. The standard InChI is InChI=1S/C4H5F2N/c5-4(6)3-1-7-2-3/h7H,1-2H2. The maximum atomic E-state index is 11.3. The van der Waals surface area contributed by atoms with Gasteiger partial charge < -0.3 is 5.32 Å². The summed E-state index contributed by atoms with van der Waals surface area (Å²) in [5.74, 6) is 0. The van der Waals surface area contributed by atoms with Crippen LogP contribution in [0.25, 0.3) is 0 Å². The monoisotopic (exact) mass is 105 g/mol. The third-order valence-corrected chi connectivity index (χ3v) is 0.944. The van der Waals surface area contributed by atoms with Crippen molar-refractivity contribution in [3.8, 4) is 0 Å². The Bertz CT molecular complexity index is 98.3. The Balaban J connectivity index is 2.52. The molecule has 3 heteroatoms. The SMILES string of the molecule is FC(F)=C1CNC1. The van der Waals surface area contributed by atoms with E-state index in [0.29, 0.717) is 13.1 Å². The molecule has 0 bridgehead atoms. The van der Waals surface area contributed by atoms with Crippen molar-refractivity contribution in [1.29, 1.82) is 0 Å². The molecule has 0 spiro atoms. The Hall–Kier alpha value is -0.440. The predicted octanol–water partition coefficient (Wildman–Crippen LogP) is 0.740. The highest BCUT2D eigenvalue weighted by Gasteiger charge is 2.12. The Morgan fingerprint density at radius 1 is 1.43 bits per heavy atom. The van der Waals surface area contributed by atoms with E-state index < -0.39 is 6.08 Å². The third-order valence-electron chi connectivity index (χ3n) is 0.944. The van der Waals surface area contributed by atoms with Crippen LogP contribution in [0.5, 0.6) is 0 Å².